The Morgan fingerprint density at radius 1 is 1.56 bits per heavy atom. The summed E-state index contributed by atoms with van der Waals surface area (Å²) >= 11 is 0. The second-order valence-electron chi connectivity index (χ2n) is 3.38. The molecule has 1 atom stereocenters. The molecule has 6 nitrogen and oxygen atoms in total. The Morgan fingerprint density at radius 2 is 2.19 bits per heavy atom. The zero-order chi connectivity index (χ0) is 12.1. The van der Waals surface area contributed by atoms with Crippen LogP contribution >= 0.6 is 0 Å². The summed E-state index contributed by atoms with van der Waals surface area (Å²) < 4.78 is 0. The Balaban J connectivity index is 2.95. The van der Waals surface area contributed by atoms with Crippen molar-refractivity contribution in [2.24, 2.45) is 5.73 Å². The predicted octanol–water partition coefficient (Wildman–Crippen LogP) is 0.672. The van der Waals surface area contributed by atoms with Gasteiger partial charge in [-0.25, -0.2) is 0 Å². The van der Waals surface area contributed by atoms with Crippen molar-refractivity contribution in [3.8, 4) is 0 Å². The average molecular weight is 223 g/mol. The molecule has 0 saturated carbocycles. The van der Waals surface area contributed by atoms with Crippen LogP contribution in [-0.2, 0) is 0 Å². The van der Waals surface area contributed by atoms with Crippen molar-refractivity contribution < 1.29 is 9.72 Å². The van der Waals surface area contributed by atoms with Crippen LogP contribution in [0.1, 0.15) is 17.3 Å². The highest BCUT2D eigenvalue weighted by Gasteiger charge is 2.19. The molecule has 1 rings (SSSR count). The summed E-state index contributed by atoms with van der Waals surface area (Å²) in [4.78, 5) is 21.8. The number of hydrogen-bond donors (Lipinski definition) is 2. The quantitative estimate of drug-likeness (QED) is 0.579. The smallest absolute Gasteiger partial charge is 0.282 e. The number of nitrogens with one attached hydrogen (secondary N) is 1. The Morgan fingerprint density at radius 3 is 2.75 bits per heavy atom. The highest BCUT2D eigenvalue weighted by atomic mass is 16.6. The number of rotatable bonds is 4. The molecule has 0 fully saturated rings. The molecule has 3 N–H and O–H groups in total. The number of amides is 1. The molecule has 0 aliphatic carbocycles. The molecule has 1 amide bonds. The van der Waals surface area contributed by atoms with Crippen LogP contribution < -0.4 is 11.1 Å². The number of hydrogen-bond acceptors (Lipinski definition) is 4. The number of benzene rings is 1. The first-order valence-corrected chi connectivity index (χ1v) is 4.80. The summed E-state index contributed by atoms with van der Waals surface area (Å²) in [5.41, 5.74) is 5.19. The summed E-state index contributed by atoms with van der Waals surface area (Å²) in [5, 5.41) is 13.3. The molecule has 0 heterocycles. The predicted molar refractivity (Wildman–Crippen MR) is 59.1 cm³/mol. The minimum Gasteiger partial charge on any atom is -0.348 e. The number of carbonyl (C=O) groups excluding carboxylic acids is 1. The third-order valence-electron chi connectivity index (χ3n) is 2.08. The molecule has 0 bridgehead atoms. The fourth-order valence-corrected chi connectivity index (χ4v) is 1.19. The molecule has 1 aromatic carbocycles. The van der Waals surface area contributed by atoms with Gasteiger partial charge in [-0.15, -0.1) is 0 Å². The molecule has 0 aliphatic heterocycles. The van der Waals surface area contributed by atoms with Gasteiger partial charge in [0, 0.05) is 18.7 Å². The molecule has 16 heavy (non-hydrogen) atoms. The summed E-state index contributed by atoms with van der Waals surface area (Å²) in [6.45, 7) is 2.01. The van der Waals surface area contributed by atoms with Gasteiger partial charge in [0.25, 0.3) is 11.6 Å². The van der Waals surface area contributed by atoms with E-state index in [0.29, 0.717) is 0 Å². The first kappa shape index (κ1) is 12.1. The van der Waals surface area contributed by atoms with Gasteiger partial charge in [-0.05, 0) is 13.0 Å². The molecule has 0 saturated heterocycles. The van der Waals surface area contributed by atoms with Crippen molar-refractivity contribution in [3.05, 3.63) is 39.9 Å². The van der Waals surface area contributed by atoms with Crippen LogP contribution in [0.5, 0.6) is 0 Å². The molecule has 1 aromatic rings. The SMILES string of the molecule is C[C@@H](CN)NC(=O)c1ccccc1[N+](=O)[O-]. The number of nitro benzene ring substituents is 1. The van der Waals surface area contributed by atoms with Crippen molar-refractivity contribution in [2.45, 2.75) is 13.0 Å². The van der Waals surface area contributed by atoms with E-state index >= 15 is 0 Å². The summed E-state index contributed by atoms with van der Waals surface area (Å²) in [6, 6.07) is 5.59. The van der Waals surface area contributed by atoms with E-state index in [1.54, 1.807) is 13.0 Å². The van der Waals surface area contributed by atoms with Gasteiger partial charge < -0.3 is 11.1 Å². The van der Waals surface area contributed by atoms with Crippen LogP contribution in [0.3, 0.4) is 0 Å². The van der Waals surface area contributed by atoms with E-state index in [1.165, 1.54) is 18.2 Å². The zero-order valence-electron chi connectivity index (χ0n) is 8.84. The Kier molecular flexibility index (Phi) is 3.96. The van der Waals surface area contributed by atoms with E-state index in [0.717, 1.165) is 0 Å². The first-order chi connectivity index (χ1) is 7.56. The van der Waals surface area contributed by atoms with E-state index in [2.05, 4.69) is 5.32 Å². The monoisotopic (exact) mass is 223 g/mol. The zero-order valence-corrected chi connectivity index (χ0v) is 8.84. The molecule has 0 spiro atoms. The average Bonchev–Trinajstić information content (AvgIpc) is 2.28. The van der Waals surface area contributed by atoms with E-state index < -0.39 is 10.8 Å². The lowest BCUT2D eigenvalue weighted by Crippen LogP contribution is -2.38. The maximum absolute atomic E-state index is 11.7. The van der Waals surface area contributed by atoms with Gasteiger partial charge >= 0.3 is 0 Å². The number of para-hydroxylation sites is 1. The van der Waals surface area contributed by atoms with Crippen LogP contribution in [0.2, 0.25) is 0 Å². The van der Waals surface area contributed by atoms with Gasteiger partial charge in [-0.3, -0.25) is 14.9 Å². The van der Waals surface area contributed by atoms with Crippen molar-refractivity contribution in [1.82, 2.24) is 5.32 Å². The van der Waals surface area contributed by atoms with E-state index in [-0.39, 0.29) is 23.8 Å². The lowest BCUT2D eigenvalue weighted by atomic mass is 10.1. The molecule has 0 radical (unpaired) electrons. The summed E-state index contributed by atoms with van der Waals surface area (Å²) in [6.07, 6.45) is 0. The van der Waals surface area contributed by atoms with Gasteiger partial charge in [-0.1, -0.05) is 12.1 Å². The van der Waals surface area contributed by atoms with Gasteiger partial charge in [0.15, 0.2) is 0 Å². The van der Waals surface area contributed by atoms with Gasteiger partial charge in [0.1, 0.15) is 5.56 Å². The standard InChI is InChI=1S/C10H13N3O3/c1-7(6-11)12-10(14)8-4-2-3-5-9(8)13(15)16/h2-5,7H,6,11H2,1H3,(H,12,14)/t7-/m0/s1. The Bertz CT molecular complexity index is 406. The number of carbonyl (C=O) groups is 1. The Hall–Kier alpha value is -1.95. The molecular weight excluding hydrogens is 210 g/mol. The normalized spacial score (nSPS) is 11.9. The molecule has 86 valence electrons. The number of nitrogens with zero attached hydrogens (tertiary/aromatic N) is 1. The van der Waals surface area contributed by atoms with Crippen molar-refractivity contribution in [2.75, 3.05) is 6.54 Å². The third kappa shape index (κ3) is 2.77. The van der Waals surface area contributed by atoms with E-state index in [4.69, 9.17) is 5.73 Å². The fraction of sp³-hybridized carbons (Fsp3) is 0.300. The van der Waals surface area contributed by atoms with Crippen LogP contribution in [0.25, 0.3) is 0 Å². The van der Waals surface area contributed by atoms with Crippen LogP contribution in [0.15, 0.2) is 24.3 Å². The topological polar surface area (TPSA) is 98.3 Å². The minimum absolute atomic E-state index is 0.0489. The van der Waals surface area contributed by atoms with E-state index in [9.17, 15) is 14.9 Å². The second kappa shape index (κ2) is 5.22. The largest absolute Gasteiger partial charge is 0.348 e. The molecule has 6 heteroatoms. The van der Waals surface area contributed by atoms with Crippen LogP contribution in [-0.4, -0.2) is 23.4 Å². The van der Waals surface area contributed by atoms with Crippen molar-refractivity contribution >= 4 is 11.6 Å². The molecule has 0 aliphatic rings. The van der Waals surface area contributed by atoms with Crippen LogP contribution in [0, 0.1) is 10.1 Å². The van der Waals surface area contributed by atoms with Crippen LogP contribution in [0.4, 0.5) is 5.69 Å². The van der Waals surface area contributed by atoms with Gasteiger partial charge in [0.05, 0.1) is 4.92 Å². The van der Waals surface area contributed by atoms with Gasteiger partial charge in [0.2, 0.25) is 0 Å². The molecular formula is C10H13N3O3. The second-order valence-corrected chi connectivity index (χ2v) is 3.38. The third-order valence-corrected chi connectivity index (χ3v) is 2.08. The maximum atomic E-state index is 11.7. The molecule has 0 unspecified atom stereocenters. The molecule has 0 aromatic heterocycles. The lowest BCUT2D eigenvalue weighted by Gasteiger charge is -2.10. The summed E-state index contributed by atoms with van der Waals surface area (Å²) in [5.74, 6) is -0.481. The summed E-state index contributed by atoms with van der Waals surface area (Å²) in [7, 11) is 0. The highest BCUT2D eigenvalue weighted by molar-refractivity contribution is 5.98. The lowest BCUT2D eigenvalue weighted by molar-refractivity contribution is -0.385. The van der Waals surface area contributed by atoms with Crippen molar-refractivity contribution in [3.63, 3.8) is 0 Å². The minimum atomic E-state index is -0.581. The maximum Gasteiger partial charge on any atom is 0.282 e. The Labute approximate surface area is 92.6 Å². The number of nitrogens with two attached hydrogens (primary N) is 1. The number of nitro groups is 1. The fourth-order valence-electron chi connectivity index (χ4n) is 1.19. The van der Waals surface area contributed by atoms with E-state index in [1.807, 2.05) is 0 Å². The van der Waals surface area contributed by atoms with Gasteiger partial charge in [-0.2, -0.15) is 0 Å². The highest BCUT2D eigenvalue weighted by Crippen LogP contribution is 2.17. The van der Waals surface area contributed by atoms with Crippen molar-refractivity contribution in [1.29, 1.82) is 0 Å². The first-order valence-electron chi connectivity index (χ1n) is 4.80.